The molecule has 3 aromatic rings. The molecule has 21 heavy (non-hydrogen) atoms. The van der Waals surface area contributed by atoms with Gasteiger partial charge >= 0.3 is 0 Å². The molecule has 0 unspecified atom stereocenters. The summed E-state index contributed by atoms with van der Waals surface area (Å²) < 4.78 is 2.23. The maximum absolute atomic E-state index is 3.31. The second kappa shape index (κ2) is 5.36. The number of pyridine rings is 1. The second-order valence-corrected chi connectivity index (χ2v) is 6.29. The Labute approximate surface area is 126 Å². The number of fused-ring (bicyclic) bond motifs is 1. The monoisotopic (exact) mass is 279 g/mol. The molecule has 2 aromatic heterocycles. The molecule has 0 saturated carbocycles. The van der Waals surface area contributed by atoms with Crippen molar-refractivity contribution in [2.75, 3.05) is 0 Å². The summed E-state index contributed by atoms with van der Waals surface area (Å²) in [4.78, 5) is 3.31. The first-order chi connectivity index (χ1) is 10.1. The van der Waals surface area contributed by atoms with Gasteiger partial charge in [-0.2, -0.15) is 4.57 Å². The Morgan fingerprint density at radius 1 is 0.857 bits per heavy atom. The molecule has 2 heterocycles. The molecule has 1 N–H and O–H groups in total. The van der Waals surface area contributed by atoms with E-state index in [0.717, 1.165) is 0 Å². The van der Waals surface area contributed by atoms with Crippen molar-refractivity contribution in [2.24, 2.45) is 0 Å². The number of aromatic amines is 1. The first-order valence-corrected chi connectivity index (χ1v) is 7.69. The molecule has 0 radical (unpaired) electrons. The van der Waals surface area contributed by atoms with Gasteiger partial charge in [0.25, 0.3) is 0 Å². The predicted octanol–water partition coefficient (Wildman–Crippen LogP) is 4.69. The zero-order valence-corrected chi connectivity index (χ0v) is 13.2. The van der Waals surface area contributed by atoms with E-state index < -0.39 is 0 Å². The third-order valence-electron chi connectivity index (χ3n) is 4.13. The number of benzene rings is 1. The van der Waals surface area contributed by atoms with Crippen LogP contribution >= 0.6 is 0 Å². The van der Waals surface area contributed by atoms with E-state index in [9.17, 15) is 0 Å². The molecular formula is C19H23N2+. The molecule has 2 nitrogen and oxygen atoms in total. The molecule has 0 aliphatic rings. The molecule has 0 atom stereocenters. The first-order valence-electron chi connectivity index (χ1n) is 7.69. The van der Waals surface area contributed by atoms with E-state index in [4.69, 9.17) is 0 Å². The lowest BCUT2D eigenvalue weighted by Crippen LogP contribution is -2.31. The number of nitrogens with zero attached hydrogens (tertiary/aromatic N) is 1. The van der Waals surface area contributed by atoms with Crippen LogP contribution in [0.4, 0.5) is 0 Å². The van der Waals surface area contributed by atoms with Gasteiger partial charge in [-0.25, -0.2) is 0 Å². The molecule has 2 heteroatoms. The molecule has 0 fully saturated rings. The van der Waals surface area contributed by atoms with Crippen molar-refractivity contribution >= 4 is 10.9 Å². The maximum Gasteiger partial charge on any atom is 0.214 e. The summed E-state index contributed by atoms with van der Waals surface area (Å²) in [6.07, 6.45) is 6.37. The van der Waals surface area contributed by atoms with Crippen LogP contribution in [0.15, 0.2) is 48.9 Å². The Balaban J connectivity index is 2.17. The summed E-state index contributed by atoms with van der Waals surface area (Å²) >= 11 is 0. The van der Waals surface area contributed by atoms with E-state index in [1.807, 2.05) is 6.20 Å². The van der Waals surface area contributed by atoms with E-state index in [1.165, 1.54) is 27.7 Å². The van der Waals surface area contributed by atoms with Crippen LogP contribution in [-0.4, -0.2) is 4.98 Å². The molecule has 0 spiro atoms. The average Bonchev–Trinajstić information content (AvgIpc) is 2.94. The number of nitrogens with one attached hydrogen (secondary N) is 1. The van der Waals surface area contributed by atoms with Crippen LogP contribution < -0.4 is 4.57 Å². The third-order valence-corrected chi connectivity index (χ3v) is 4.13. The lowest BCUT2D eigenvalue weighted by Gasteiger charge is -2.11. The quantitative estimate of drug-likeness (QED) is 0.671. The van der Waals surface area contributed by atoms with Crippen molar-refractivity contribution < 1.29 is 4.57 Å². The zero-order valence-electron chi connectivity index (χ0n) is 13.2. The van der Waals surface area contributed by atoms with Crippen molar-refractivity contribution in [3.8, 4) is 5.69 Å². The van der Waals surface area contributed by atoms with E-state index in [0.29, 0.717) is 11.8 Å². The predicted molar refractivity (Wildman–Crippen MR) is 88.0 cm³/mol. The van der Waals surface area contributed by atoms with E-state index in [1.54, 1.807) is 0 Å². The number of H-pyrrole nitrogens is 1. The highest BCUT2D eigenvalue weighted by Crippen LogP contribution is 2.28. The minimum absolute atomic E-state index is 0.483. The van der Waals surface area contributed by atoms with Crippen LogP contribution in [0.25, 0.3) is 16.6 Å². The highest BCUT2D eigenvalue weighted by atomic mass is 14.9. The van der Waals surface area contributed by atoms with Crippen molar-refractivity contribution in [2.45, 2.75) is 39.5 Å². The fraction of sp³-hybridized carbons (Fsp3) is 0.316. The number of hydrogen-bond donors (Lipinski definition) is 1. The standard InChI is InChI=1S/C19H23N2/c1-13(2)15-8-11-21(12-9-15)18-6-5-17-16(7-10-20-17)19(18)14(3)4/h5-14,20H,1-4H3/q+1. The fourth-order valence-corrected chi connectivity index (χ4v) is 2.96. The van der Waals surface area contributed by atoms with Gasteiger partial charge in [-0.1, -0.05) is 27.7 Å². The van der Waals surface area contributed by atoms with Crippen LogP contribution in [0.1, 0.15) is 50.7 Å². The third kappa shape index (κ3) is 2.46. The molecule has 0 bridgehead atoms. The highest BCUT2D eigenvalue weighted by molar-refractivity contribution is 5.85. The number of rotatable bonds is 3. The highest BCUT2D eigenvalue weighted by Gasteiger charge is 2.19. The second-order valence-electron chi connectivity index (χ2n) is 6.29. The first kappa shape index (κ1) is 13.9. The van der Waals surface area contributed by atoms with E-state index in [-0.39, 0.29) is 0 Å². The van der Waals surface area contributed by atoms with Crippen LogP contribution in [0.5, 0.6) is 0 Å². The van der Waals surface area contributed by atoms with Crippen molar-refractivity contribution in [1.82, 2.24) is 4.98 Å². The Morgan fingerprint density at radius 2 is 1.57 bits per heavy atom. The van der Waals surface area contributed by atoms with Crippen molar-refractivity contribution in [3.63, 3.8) is 0 Å². The summed E-state index contributed by atoms with van der Waals surface area (Å²) in [6, 6.07) is 11.0. The summed E-state index contributed by atoms with van der Waals surface area (Å²) in [5.41, 5.74) is 5.25. The molecule has 0 aliphatic heterocycles. The molecule has 1 aromatic carbocycles. The minimum atomic E-state index is 0.483. The van der Waals surface area contributed by atoms with E-state index in [2.05, 4.69) is 80.0 Å². The summed E-state index contributed by atoms with van der Waals surface area (Å²) in [5, 5.41) is 1.32. The molecule has 3 rings (SSSR count). The lowest BCUT2D eigenvalue weighted by molar-refractivity contribution is -0.596. The fourth-order valence-electron chi connectivity index (χ4n) is 2.96. The van der Waals surface area contributed by atoms with Gasteiger partial charge in [-0.05, 0) is 29.5 Å². The van der Waals surface area contributed by atoms with Gasteiger partial charge in [0.15, 0.2) is 12.4 Å². The van der Waals surface area contributed by atoms with Gasteiger partial charge in [-0.3, -0.25) is 0 Å². The molecular weight excluding hydrogens is 256 g/mol. The molecule has 108 valence electrons. The van der Waals surface area contributed by atoms with Crippen LogP contribution in [0, 0.1) is 0 Å². The zero-order chi connectivity index (χ0) is 15.0. The van der Waals surface area contributed by atoms with Crippen LogP contribution in [-0.2, 0) is 0 Å². The van der Waals surface area contributed by atoms with Gasteiger partial charge in [0.2, 0.25) is 5.69 Å². The molecule has 0 saturated heterocycles. The molecule has 0 aliphatic carbocycles. The molecule has 0 amide bonds. The Hall–Kier alpha value is -2.09. The Kier molecular flexibility index (Phi) is 3.54. The maximum atomic E-state index is 3.31. The van der Waals surface area contributed by atoms with Crippen LogP contribution in [0.2, 0.25) is 0 Å². The Bertz CT molecular complexity index is 749. The summed E-state index contributed by atoms with van der Waals surface area (Å²) in [6.45, 7) is 8.97. The summed E-state index contributed by atoms with van der Waals surface area (Å²) in [5.74, 6) is 1.05. The Morgan fingerprint density at radius 3 is 2.19 bits per heavy atom. The lowest BCUT2D eigenvalue weighted by atomic mass is 9.96. The van der Waals surface area contributed by atoms with Crippen molar-refractivity contribution in [1.29, 1.82) is 0 Å². The minimum Gasteiger partial charge on any atom is -0.361 e. The van der Waals surface area contributed by atoms with Gasteiger partial charge in [-0.15, -0.1) is 0 Å². The van der Waals surface area contributed by atoms with Crippen molar-refractivity contribution in [3.05, 3.63) is 60.0 Å². The largest absolute Gasteiger partial charge is 0.361 e. The van der Waals surface area contributed by atoms with Gasteiger partial charge in [0, 0.05) is 40.9 Å². The van der Waals surface area contributed by atoms with Gasteiger partial charge < -0.3 is 4.98 Å². The van der Waals surface area contributed by atoms with Gasteiger partial charge in [0.05, 0.1) is 0 Å². The van der Waals surface area contributed by atoms with E-state index >= 15 is 0 Å². The van der Waals surface area contributed by atoms with Crippen LogP contribution in [0.3, 0.4) is 0 Å². The summed E-state index contributed by atoms with van der Waals surface area (Å²) in [7, 11) is 0. The number of aromatic nitrogens is 2. The smallest absolute Gasteiger partial charge is 0.214 e. The average molecular weight is 279 g/mol. The topological polar surface area (TPSA) is 19.7 Å². The van der Waals surface area contributed by atoms with Gasteiger partial charge in [0.1, 0.15) is 0 Å². The number of hydrogen-bond acceptors (Lipinski definition) is 0. The SMILES string of the molecule is CC(C)c1cc[n+](-c2ccc3[nH]ccc3c2C(C)C)cc1. The normalized spacial score (nSPS) is 11.7.